The van der Waals surface area contributed by atoms with E-state index in [1.807, 2.05) is 12.4 Å². The monoisotopic (exact) mass is 158 g/mol. The number of nitrogens with one attached hydrogen (secondary N) is 2. The molecule has 0 aromatic carbocycles. The SMILES string of the molecule is ClCNCCc1cc[nH]c1. The zero-order chi connectivity index (χ0) is 7.23. The molecule has 1 aromatic heterocycles. The van der Waals surface area contributed by atoms with Crippen molar-refractivity contribution in [3.8, 4) is 0 Å². The third-order valence-corrected chi connectivity index (χ3v) is 1.54. The third kappa shape index (κ3) is 2.42. The Balaban J connectivity index is 2.15. The van der Waals surface area contributed by atoms with Gasteiger partial charge in [0.15, 0.2) is 0 Å². The molecule has 0 saturated heterocycles. The fraction of sp³-hybridized carbons (Fsp3) is 0.429. The Morgan fingerprint density at radius 2 is 2.50 bits per heavy atom. The van der Waals surface area contributed by atoms with E-state index in [4.69, 9.17) is 11.6 Å². The van der Waals surface area contributed by atoms with Gasteiger partial charge in [-0.25, -0.2) is 0 Å². The summed E-state index contributed by atoms with van der Waals surface area (Å²) >= 11 is 5.42. The molecule has 56 valence electrons. The molecule has 0 amide bonds. The van der Waals surface area contributed by atoms with Gasteiger partial charge in [0.25, 0.3) is 0 Å². The average molecular weight is 159 g/mol. The summed E-state index contributed by atoms with van der Waals surface area (Å²) in [5.41, 5.74) is 1.32. The summed E-state index contributed by atoms with van der Waals surface area (Å²) in [6.07, 6.45) is 4.96. The molecule has 2 nitrogen and oxygen atoms in total. The molecular formula is C7H11ClN2. The number of halogens is 1. The maximum atomic E-state index is 5.42. The fourth-order valence-corrected chi connectivity index (χ4v) is 0.947. The Morgan fingerprint density at radius 3 is 3.10 bits per heavy atom. The third-order valence-electron chi connectivity index (χ3n) is 1.35. The lowest BCUT2D eigenvalue weighted by molar-refractivity contribution is 0.771. The predicted molar refractivity (Wildman–Crippen MR) is 43.2 cm³/mol. The molecular weight excluding hydrogens is 148 g/mol. The lowest BCUT2D eigenvalue weighted by atomic mass is 10.2. The zero-order valence-corrected chi connectivity index (χ0v) is 6.49. The van der Waals surface area contributed by atoms with Crippen molar-refractivity contribution < 1.29 is 0 Å². The summed E-state index contributed by atoms with van der Waals surface area (Å²) in [5.74, 6) is 0. The number of aromatic amines is 1. The first kappa shape index (κ1) is 7.63. The van der Waals surface area contributed by atoms with Crippen molar-refractivity contribution in [3.63, 3.8) is 0 Å². The molecule has 0 unspecified atom stereocenters. The molecule has 1 heterocycles. The summed E-state index contributed by atoms with van der Waals surface area (Å²) < 4.78 is 0. The van der Waals surface area contributed by atoms with Crippen LogP contribution in [0.3, 0.4) is 0 Å². The second-order valence-corrected chi connectivity index (χ2v) is 2.37. The lowest BCUT2D eigenvalue weighted by Crippen LogP contribution is -2.14. The summed E-state index contributed by atoms with van der Waals surface area (Å²) in [7, 11) is 0. The van der Waals surface area contributed by atoms with Crippen molar-refractivity contribution in [1.82, 2.24) is 10.3 Å². The van der Waals surface area contributed by atoms with E-state index in [-0.39, 0.29) is 0 Å². The molecule has 2 N–H and O–H groups in total. The topological polar surface area (TPSA) is 27.8 Å². The first-order valence-electron chi connectivity index (χ1n) is 3.32. The van der Waals surface area contributed by atoms with E-state index in [1.165, 1.54) is 5.56 Å². The van der Waals surface area contributed by atoms with E-state index >= 15 is 0 Å². The van der Waals surface area contributed by atoms with Crippen LogP contribution >= 0.6 is 11.6 Å². The molecule has 3 heteroatoms. The van der Waals surface area contributed by atoms with Crippen LogP contribution in [0.25, 0.3) is 0 Å². The van der Waals surface area contributed by atoms with Gasteiger partial charge in [0.1, 0.15) is 0 Å². The summed E-state index contributed by atoms with van der Waals surface area (Å²) in [4.78, 5) is 3.00. The van der Waals surface area contributed by atoms with E-state index in [0.29, 0.717) is 6.00 Å². The minimum atomic E-state index is 0.532. The van der Waals surface area contributed by atoms with E-state index in [9.17, 15) is 0 Å². The smallest absolute Gasteiger partial charge is 0.0713 e. The molecule has 0 atom stereocenters. The van der Waals surface area contributed by atoms with Gasteiger partial charge in [-0.05, 0) is 18.1 Å². The Hall–Kier alpha value is -0.470. The van der Waals surface area contributed by atoms with E-state index in [1.54, 1.807) is 0 Å². The predicted octanol–water partition coefficient (Wildman–Crippen LogP) is 1.34. The summed E-state index contributed by atoms with van der Waals surface area (Å²) in [6, 6.07) is 2.60. The molecule has 0 bridgehead atoms. The highest BCUT2D eigenvalue weighted by Gasteiger charge is 1.89. The van der Waals surface area contributed by atoms with Crippen molar-refractivity contribution in [2.24, 2.45) is 0 Å². The highest BCUT2D eigenvalue weighted by Crippen LogP contribution is 1.95. The van der Waals surface area contributed by atoms with Gasteiger partial charge in [0.2, 0.25) is 0 Å². The number of aromatic nitrogens is 1. The molecule has 0 aliphatic rings. The minimum absolute atomic E-state index is 0.532. The van der Waals surface area contributed by atoms with Crippen LogP contribution < -0.4 is 5.32 Å². The zero-order valence-electron chi connectivity index (χ0n) is 5.73. The summed E-state index contributed by atoms with van der Waals surface area (Å²) in [6.45, 7) is 0.946. The number of hydrogen-bond acceptors (Lipinski definition) is 1. The van der Waals surface area contributed by atoms with E-state index in [2.05, 4.69) is 16.4 Å². The van der Waals surface area contributed by atoms with Gasteiger partial charge >= 0.3 is 0 Å². The van der Waals surface area contributed by atoms with E-state index in [0.717, 1.165) is 13.0 Å². The lowest BCUT2D eigenvalue weighted by Gasteiger charge is -1.96. The molecule has 0 fully saturated rings. The van der Waals surface area contributed by atoms with Crippen LogP contribution in [0.5, 0.6) is 0 Å². The minimum Gasteiger partial charge on any atom is -0.367 e. The summed E-state index contributed by atoms with van der Waals surface area (Å²) in [5, 5.41) is 3.04. The Kier molecular flexibility index (Phi) is 3.33. The van der Waals surface area contributed by atoms with Crippen molar-refractivity contribution >= 4 is 11.6 Å². The van der Waals surface area contributed by atoms with Crippen molar-refractivity contribution in [2.45, 2.75) is 6.42 Å². The highest BCUT2D eigenvalue weighted by molar-refractivity contribution is 6.17. The maximum Gasteiger partial charge on any atom is 0.0713 e. The number of H-pyrrole nitrogens is 1. The Bertz CT molecular complexity index is 160. The maximum absolute atomic E-state index is 5.42. The van der Waals surface area contributed by atoms with Crippen LogP contribution in [0.15, 0.2) is 18.5 Å². The molecule has 0 spiro atoms. The number of rotatable bonds is 4. The largest absolute Gasteiger partial charge is 0.367 e. The number of hydrogen-bond donors (Lipinski definition) is 2. The van der Waals surface area contributed by atoms with Crippen molar-refractivity contribution in [2.75, 3.05) is 12.5 Å². The van der Waals surface area contributed by atoms with Gasteiger partial charge in [-0.3, -0.25) is 0 Å². The van der Waals surface area contributed by atoms with Gasteiger partial charge in [-0.1, -0.05) is 0 Å². The van der Waals surface area contributed by atoms with E-state index < -0.39 is 0 Å². The molecule has 10 heavy (non-hydrogen) atoms. The van der Waals surface area contributed by atoms with Crippen LogP contribution in [-0.2, 0) is 6.42 Å². The Morgan fingerprint density at radius 1 is 1.60 bits per heavy atom. The molecule has 1 aromatic rings. The van der Waals surface area contributed by atoms with Gasteiger partial charge < -0.3 is 10.3 Å². The second-order valence-electron chi connectivity index (χ2n) is 2.10. The molecule has 0 aliphatic carbocycles. The van der Waals surface area contributed by atoms with Crippen LogP contribution in [-0.4, -0.2) is 17.5 Å². The second kappa shape index (κ2) is 4.36. The number of alkyl halides is 1. The molecule has 1 rings (SSSR count). The van der Waals surface area contributed by atoms with Gasteiger partial charge in [-0.15, -0.1) is 11.6 Å². The molecule has 0 saturated carbocycles. The molecule has 0 aliphatic heterocycles. The fourth-order valence-electron chi connectivity index (χ4n) is 0.813. The first-order chi connectivity index (χ1) is 4.93. The first-order valence-corrected chi connectivity index (χ1v) is 3.85. The van der Waals surface area contributed by atoms with Crippen LogP contribution in [0.4, 0.5) is 0 Å². The molecule has 0 radical (unpaired) electrons. The standard InChI is InChI=1S/C7H11ClN2/c8-6-10-4-2-7-1-3-9-5-7/h1,3,5,9-10H,2,4,6H2. The normalized spacial score (nSPS) is 10.1. The van der Waals surface area contributed by atoms with Crippen LogP contribution in [0, 0.1) is 0 Å². The van der Waals surface area contributed by atoms with Gasteiger partial charge in [0.05, 0.1) is 6.00 Å². The van der Waals surface area contributed by atoms with Crippen molar-refractivity contribution in [3.05, 3.63) is 24.0 Å². The van der Waals surface area contributed by atoms with Crippen molar-refractivity contribution in [1.29, 1.82) is 0 Å². The van der Waals surface area contributed by atoms with Crippen LogP contribution in [0.2, 0.25) is 0 Å². The highest BCUT2D eigenvalue weighted by atomic mass is 35.5. The quantitative estimate of drug-likeness (QED) is 0.387. The Labute approximate surface area is 65.6 Å². The van der Waals surface area contributed by atoms with Crippen LogP contribution in [0.1, 0.15) is 5.56 Å². The average Bonchev–Trinajstić information content (AvgIpc) is 2.41. The van der Waals surface area contributed by atoms with Gasteiger partial charge in [-0.2, -0.15) is 0 Å². The van der Waals surface area contributed by atoms with Gasteiger partial charge in [0, 0.05) is 18.9 Å².